The van der Waals surface area contributed by atoms with E-state index in [0.29, 0.717) is 18.0 Å². The lowest BCUT2D eigenvalue weighted by molar-refractivity contribution is 0.0748. The van der Waals surface area contributed by atoms with Gasteiger partial charge in [-0.15, -0.1) is 11.3 Å². The molecule has 112 valence electrons. The van der Waals surface area contributed by atoms with Gasteiger partial charge >= 0.3 is 0 Å². The maximum Gasteiger partial charge on any atom is 0.264 e. The van der Waals surface area contributed by atoms with Crippen molar-refractivity contribution in [3.63, 3.8) is 0 Å². The van der Waals surface area contributed by atoms with Gasteiger partial charge in [0.1, 0.15) is 5.75 Å². The van der Waals surface area contributed by atoms with Gasteiger partial charge in [-0.1, -0.05) is 25.1 Å². The molecule has 0 bridgehead atoms. The van der Waals surface area contributed by atoms with E-state index in [0.717, 1.165) is 23.4 Å². The normalized spacial score (nSPS) is 10.4. The maximum absolute atomic E-state index is 12.6. The number of carbonyl (C=O) groups excluding carboxylic acids is 1. The van der Waals surface area contributed by atoms with E-state index in [-0.39, 0.29) is 5.91 Å². The zero-order chi connectivity index (χ0) is 15.2. The number of nitrogens with zero attached hydrogens (tertiary/aromatic N) is 1. The zero-order valence-electron chi connectivity index (χ0n) is 12.3. The smallest absolute Gasteiger partial charge is 0.264 e. The Bertz CT molecular complexity index is 610. The molecule has 2 rings (SSSR count). The Morgan fingerprint density at radius 1 is 1.38 bits per heavy atom. The highest BCUT2D eigenvalue weighted by Gasteiger charge is 2.18. The number of anilines is 1. The quantitative estimate of drug-likeness (QED) is 0.832. The molecule has 0 saturated heterocycles. The van der Waals surface area contributed by atoms with Gasteiger partial charge < -0.3 is 15.4 Å². The van der Waals surface area contributed by atoms with Gasteiger partial charge in [-0.25, -0.2) is 0 Å². The first-order chi connectivity index (χ1) is 10.2. The van der Waals surface area contributed by atoms with Crippen molar-refractivity contribution >= 4 is 22.9 Å². The van der Waals surface area contributed by atoms with Gasteiger partial charge in [-0.3, -0.25) is 4.79 Å². The van der Waals surface area contributed by atoms with Crippen molar-refractivity contribution in [1.82, 2.24) is 4.90 Å². The molecule has 0 aliphatic carbocycles. The molecule has 0 saturated carbocycles. The van der Waals surface area contributed by atoms with Gasteiger partial charge in [0.05, 0.1) is 12.0 Å². The summed E-state index contributed by atoms with van der Waals surface area (Å²) in [5.74, 6) is 0.743. The Hall–Kier alpha value is -2.01. The second-order valence-corrected chi connectivity index (χ2v) is 5.69. The monoisotopic (exact) mass is 304 g/mol. The standard InChI is InChI=1S/C16H20N2O2S/c1-3-8-18(10-12-6-4-5-7-14(12)17)16(19)15-9-13(20-2)11-21-15/h4-7,9,11H,3,8,10,17H2,1-2H3. The van der Waals surface area contributed by atoms with Crippen LogP contribution >= 0.6 is 11.3 Å². The lowest BCUT2D eigenvalue weighted by Crippen LogP contribution is -2.31. The first-order valence-electron chi connectivity index (χ1n) is 6.91. The Balaban J connectivity index is 2.18. The number of benzene rings is 1. The van der Waals surface area contributed by atoms with Crippen LogP contribution in [0.2, 0.25) is 0 Å². The summed E-state index contributed by atoms with van der Waals surface area (Å²) in [7, 11) is 1.60. The third-order valence-corrected chi connectivity index (χ3v) is 4.12. The molecule has 0 radical (unpaired) electrons. The molecule has 0 aliphatic rings. The number of carbonyl (C=O) groups is 1. The van der Waals surface area contributed by atoms with E-state index in [1.807, 2.05) is 34.5 Å². The van der Waals surface area contributed by atoms with Crippen molar-refractivity contribution in [3.8, 4) is 5.75 Å². The summed E-state index contributed by atoms with van der Waals surface area (Å²) in [4.78, 5) is 15.1. The Morgan fingerprint density at radius 2 is 2.14 bits per heavy atom. The summed E-state index contributed by atoms with van der Waals surface area (Å²) >= 11 is 1.40. The number of amides is 1. The molecule has 0 spiro atoms. The Morgan fingerprint density at radius 3 is 2.76 bits per heavy atom. The molecule has 0 fully saturated rings. The third-order valence-electron chi connectivity index (χ3n) is 3.22. The van der Waals surface area contributed by atoms with E-state index in [1.54, 1.807) is 13.2 Å². The number of thiophene rings is 1. The van der Waals surface area contributed by atoms with Crippen LogP contribution in [0.1, 0.15) is 28.6 Å². The SMILES string of the molecule is CCCN(Cc1ccccc1N)C(=O)c1cc(OC)cs1. The van der Waals surface area contributed by atoms with E-state index in [4.69, 9.17) is 10.5 Å². The molecule has 1 amide bonds. The van der Waals surface area contributed by atoms with Crippen LogP contribution in [0.4, 0.5) is 5.69 Å². The molecule has 5 heteroatoms. The predicted octanol–water partition coefficient (Wildman–Crippen LogP) is 3.39. The van der Waals surface area contributed by atoms with Gasteiger partial charge in [0, 0.05) is 30.2 Å². The fourth-order valence-electron chi connectivity index (χ4n) is 2.10. The summed E-state index contributed by atoms with van der Waals surface area (Å²) in [6, 6.07) is 9.44. The fraction of sp³-hybridized carbons (Fsp3) is 0.312. The maximum atomic E-state index is 12.6. The number of methoxy groups -OCH3 is 1. The zero-order valence-corrected chi connectivity index (χ0v) is 13.2. The highest BCUT2D eigenvalue weighted by Crippen LogP contribution is 2.24. The van der Waals surface area contributed by atoms with Crippen molar-refractivity contribution in [2.75, 3.05) is 19.4 Å². The topological polar surface area (TPSA) is 55.6 Å². The van der Waals surface area contributed by atoms with E-state index >= 15 is 0 Å². The minimum atomic E-state index is 0.0217. The number of nitrogen functional groups attached to an aromatic ring is 1. The highest BCUT2D eigenvalue weighted by atomic mass is 32.1. The average molecular weight is 304 g/mol. The third kappa shape index (κ3) is 3.76. The van der Waals surface area contributed by atoms with Crippen molar-refractivity contribution in [1.29, 1.82) is 0 Å². The molecule has 1 aromatic heterocycles. The summed E-state index contributed by atoms with van der Waals surface area (Å²) in [6.45, 7) is 3.29. The van der Waals surface area contributed by atoms with Gasteiger partial charge in [0.25, 0.3) is 5.91 Å². The summed E-state index contributed by atoms with van der Waals surface area (Å²) < 4.78 is 5.14. The molecule has 1 heterocycles. The number of rotatable bonds is 6. The van der Waals surface area contributed by atoms with Gasteiger partial charge in [-0.05, 0) is 18.1 Å². The molecule has 1 aromatic carbocycles. The Kier molecular flexibility index (Phi) is 5.22. The number of nitrogens with two attached hydrogens (primary N) is 1. The first kappa shape index (κ1) is 15.4. The molecular weight excluding hydrogens is 284 g/mol. The molecule has 0 aliphatic heterocycles. The second-order valence-electron chi connectivity index (χ2n) is 4.78. The number of para-hydroxylation sites is 1. The van der Waals surface area contributed by atoms with Crippen LogP contribution in [-0.2, 0) is 6.54 Å². The number of hydrogen-bond acceptors (Lipinski definition) is 4. The second kappa shape index (κ2) is 7.13. The molecule has 4 nitrogen and oxygen atoms in total. The van der Waals surface area contributed by atoms with Crippen molar-refractivity contribution in [2.24, 2.45) is 0 Å². The molecule has 0 unspecified atom stereocenters. The Labute approximate surface area is 129 Å². The average Bonchev–Trinajstić information content (AvgIpc) is 2.97. The number of ether oxygens (including phenoxy) is 1. The van der Waals surface area contributed by atoms with Crippen LogP contribution in [-0.4, -0.2) is 24.5 Å². The first-order valence-corrected chi connectivity index (χ1v) is 7.78. The molecule has 21 heavy (non-hydrogen) atoms. The minimum absolute atomic E-state index is 0.0217. The van der Waals surface area contributed by atoms with Crippen LogP contribution in [0.3, 0.4) is 0 Å². The molecule has 0 atom stereocenters. The highest BCUT2D eigenvalue weighted by molar-refractivity contribution is 7.12. The van der Waals surface area contributed by atoms with Gasteiger partial charge in [0.15, 0.2) is 0 Å². The van der Waals surface area contributed by atoms with E-state index in [2.05, 4.69) is 6.92 Å². The van der Waals surface area contributed by atoms with E-state index < -0.39 is 0 Å². The summed E-state index contributed by atoms with van der Waals surface area (Å²) in [6.07, 6.45) is 0.904. The van der Waals surface area contributed by atoms with E-state index in [9.17, 15) is 4.79 Å². The fourth-order valence-corrected chi connectivity index (χ4v) is 2.92. The van der Waals surface area contributed by atoms with Crippen LogP contribution in [0.25, 0.3) is 0 Å². The van der Waals surface area contributed by atoms with Crippen LogP contribution in [0.5, 0.6) is 5.75 Å². The van der Waals surface area contributed by atoms with Crippen LogP contribution < -0.4 is 10.5 Å². The lowest BCUT2D eigenvalue weighted by atomic mass is 10.1. The van der Waals surface area contributed by atoms with Crippen LogP contribution in [0, 0.1) is 0 Å². The van der Waals surface area contributed by atoms with Gasteiger partial charge in [-0.2, -0.15) is 0 Å². The largest absolute Gasteiger partial charge is 0.496 e. The minimum Gasteiger partial charge on any atom is -0.496 e. The van der Waals surface area contributed by atoms with Crippen molar-refractivity contribution < 1.29 is 9.53 Å². The van der Waals surface area contributed by atoms with E-state index in [1.165, 1.54) is 11.3 Å². The molecular formula is C16H20N2O2S. The lowest BCUT2D eigenvalue weighted by Gasteiger charge is -2.22. The summed E-state index contributed by atoms with van der Waals surface area (Å²) in [5.41, 5.74) is 7.67. The van der Waals surface area contributed by atoms with Crippen LogP contribution in [0.15, 0.2) is 35.7 Å². The molecule has 2 aromatic rings. The predicted molar refractivity (Wildman–Crippen MR) is 86.8 cm³/mol. The van der Waals surface area contributed by atoms with Crippen molar-refractivity contribution in [2.45, 2.75) is 19.9 Å². The molecule has 2 N–H and O–H groups in total. The van der Waals surface area contributed by atoms with Crippen molar-refractivity contribution in [3.05, 3.63) is 46.2 Å². The number of hydrogen-bond donors (Lipinski definition) is 1. The summed E-state index contributed by atoms with van der Waals surface area (Å²) in [5, 5.41) is 1.84. The van der Waals surface area contributed by atoms with Gasteiger partial charge in [0.2, 0.25) is 0 Å².